The number of methoxy groups -OCH3 is 2. The van der Waals surface area contributed by atoms with Gasteiger partial charge in [0.2, 0.25) is 0 Å². The molecule has 0 aliphatic carbocycles. The third-order valence-corrected chi connectivity index (χ3v) is 4.34. The summed E-state index contributed by atoms with van der Waals surface area (Å²) in [5.74, 6) is -1.67. The van der Waals surface area contributed by atoms with Gasteiger partial charge in [-0.1, -0.05) is 23.8 Å². The number of rotatable bonds is 2. The van der Waals surface area contributed by atoms with Crippen molar-refractivity contribution in [1.29, 1.82) is 0 Å². The third kappa shape index (κ3) is 1.35. The molecule has 0 aromatic rings. The minimum atomic E-state index is -1.17. The molecule has 2 aliphatic heterocycles. The number of esters is 2. The van der Waals surface area contributed by atoms with E-state index < -0.39 is 28.3 Å². The largest absolute Gasteiger partial charge is 0.469 e. The third-order valence-electron chi connectivity index (χ3n) is 3.71. The van der Waals surface area contributed by atoms with E-state index in [0.717, 1.165) is 0 Å². The molecule has 94 valence electrons. The van der Waals surface area contributed by atoms with E-state index in [-0.39, 0.29) is 6.04 Å². The molecule has 2 rings (SSSR count). The summed E-state index contributed by atoms with van der Waals surface area (Å²) in [6.07, 6.45) is 3.47. The summed E-state index contributed by atoms with van der Waals surface area (Å²) >= 11 is 6.37. The van der Waals surface area contributed by atoms with Crippen molar-refractivity contribution in [3.8, 4) is 0 Å². The molecule has 0 aromatic carbocycles. The van der Waals surface area contributed by atoms with Gasteiger partial charge in [-0.05, 0) is 6.92 Å². The zero-order valence-electron chi connectivity index (χ0n) is 9.82. The molecule has 0 spiro atoms. The summed E-state index contributed by atoms with van der Waals surface area (Å²) in [6.45, 7) is 1.62. The molecule has 6 heteroatoms. The molecule has 1 saturated heterocycles. The Hall–Kier alpha value is -1.07. The maximum absolute atomic E-state index is 12.0. The minimum Gasteiger partial charge on any atom is -0.469 e. The highest BCUT2D eigenvalue weighted by atomic mass is 35.5. The summed E-state index contributed by atoms with van der Waals surface area (Å²) < 4.78 is 9.52. The van der Waals surface area contributed by atoms with E-state index in [9.17, 15) is 9.59 Å². The van der Waals surface area contributed by atoms with E-state index in [0.29, 0.717) is 0 Å². The fourth-order valence-electron chi connectivity index (χ4n) is 2.67. The van der Waals surface area contributed by atoms with Gasteiger partial charge in [0, 0.05) is 6.04 Å². The first kappa shape index (κ1) is 12.4. The SMILES string of the molecule is COC(=O)C1C2C=CC(Cl)(N2)C1(C)C(=O)OC. The number of fused-ring (bicyclic) bond motifs is 2. The highest BCUT2D eigenvalue weighted by molar-refractivity contribution is 6.28. The van der Waals surface area contributed by atoms with Crippen molar-refractivity contribution in [2.75, 3.05) is 14.2 Å². The maximum Gasteiger partial charge on any atom is 0.315 e. The van der Waals surface area contributed by atoms with Gasteiger partial charge < -0.3 is 9.47 Å². The van der Waals surface area contributed by atoms with Crippen LogP contribution in [-0.4, -0.2) is 37.2 Å². The van der Waals surface area contributed by atoms with Gasteiger partial charge >= 0.3 is 11.9 Å². The van der Waals surface area contributed by atoms with Gasteiger partial charge in [-0.3, -0.25) is 14.9 Å². The first-order valence-corrected chi connectivity index (χ1v) is 5.60. The van der Waals surface area contributed by atoms with E-state index in [1.165, 1.54) is 14.2 Å². The summed E-state index contributed by atoms with van der Waals surface area (Å²) in [6, 6.07) is -0.302. The molecule has 0 amide bonds. The van der Waals surface area contributed by atoms with Crippen molar-refractivity contribution in [1.82, 2.24) is 5.32 Å². The highest BCUT2D eigenvalue weighted by Crippen LogP contribution is 2.54. The van der Waals surface area contributed by atoms with Gasteiger partial charge in [-0.2, -0.15) is 0 Å². The zero-order valence-corrected chi connectivity index (χ0v) is 10.6. The Bertz CT molecular complexity index is 410. The standard InChI is InChI=1S/C11H14ClNO4/c1-10(9(15)17-3)7(8(14)16-2)6-4-5-11(10,12)13-6/h4-7,13H,1-3H3. The molecule has 2 heterocycles. The lowest BCUT2D eigenvalue weighted by molar-refractivity contribution is -0.164. The summed E-state index contributed by atoms with van der Waals surface area (Å²) in [7, 11) is 2.56. The molecule has 2 bridgehead atoms. The molecule has 17 heavy (non-hydrogen) atoms. The Morgan fingerprint density at radius 1 is 1.35 bits per heavy atom. The molecule has 4 unspecified atom stereocenters. The number of halogens is 1. The van der Waals surface area contributed by atoms with Crippen LogP contribution in [0.1, 0.15) is 6.92 Å². The minimum absolute atomic E-state index is 0.302. The van der Waals surface area contributed by atoms with E-state index >= 15 is 0 Å². The number of ether oxygens (including phenoxy) is 2. The normalized spacial score (nSPS) is 42.6. The zero-order chi connectivity index (χ0) is 12.8. The monoisotopic (exact) mass is 259 g/mol. The predicted molar refractivity (Wildman–Crippen MR) is 60.3 cm³/mol. The quantitative estimate of drug-likeness (QED) is 0.337. The van der Waals surface area contributed by atoms with Crippen LogP contribution in [0, 0.1) is 11.3 Å². The van der Waals surface area contributed by atoms with Crippen molar-refractivity contribution >= 4 is 23.5 Å². The first-order chi connectivity index (χ1) is 7.90. The summed E-state index contributed by atoms with van der Waals surface area (Å²) in [5, 5.41) is 3.03. The molecule has 2 aliphatic rings. The average Bonchev–Trinajstić information content (AvgIpc) is 2.80. The lowest BCUT2D eigenvalue weighted by atomic mass is 9.69. The smallest absolute Gasteiger partial charge is 0.315 e. The van der Waals surface area contributed by atoms with Crippen molar-refractivity contribution in [2.45, 2.75) is 18.0 Å². The summed E-state index contributed by atoms with van der Waals surface area (Å²) in [5.41, 5.74) is -1.17. The number of alkyl halides is 1. The van der Waals surface area contributed by atoms with E-state index in [1.807, 2.05) is 0 Å². The Morgan fingerprint density at radius 3 is 2.53 bits per heavy atom. The maximum atomic E-state index is 12.0. The fraction of sp³-hybridized carbons (Fsp3) is 0.636. The van der Waals surface area contributed by atoms with Gasteiger partial charge in [0.1, 0.15) is 10.4 Å². The highest BCUT2D eigenvalue weighted by Gasteiger charge is 2.69. The van der Waals surface area contributed by atoms with Crippen LogP contribution in [0.3, 0.4) is 0 Å². The Morgan fingerprint density at radius 2 is 2.00 bits per heavy atom. The van der Waals surface area contributed by atoms with Crippen LogP contribution in [0.4, 0.5) is 0 Å². The Labute approximate surface area is 104 Å². The van der Waals surface area contributed by atoms with Crippen LogP contribution in [-0.2, 0) is 19.1 Å². The van der Waals surface area contributed by atoms with Gasteiger partial charge in [-0.25, -0.2) is 0 Å². The van der Waals surface area contributed by atoms with Crippen LogP contribution < -0.4 is 5.32 Å². The van der Waals surface area contributed by atoms with Crippen molar-refractivity contribution in [2.24, 2.45) is 11.3 Å². The molecular formula is C11H14ClNO4. The van der Waals surface area contributed by atoms with Crippen LogP contribution in [0.2, 0.25) is 0 Å². The summed E-state index contributed by atoms with van der Waals surface area (Å²) in [4.78, 5) is 22.7. The van der Waals surface area contributed by atoms with E-state index in [1.54, 1.807) is 19.1 Å². The van der Waals surface area contributed by atoms with Gasteiger partial charge in [0.05, 0.1) is 20.1 Å². The molecular weight excluding hydrogens is 246 g/mol. The molecule has 1 N–H and O–H groups in total. The Kier molecular flexibility index (Phi) is 2.71. The number of hydrogen-bond acceptors (Lipinski definition) is 5. The molecule has 1 fully saturated rings. The lowest BCUT2D eigenvalue weighted by Crippen LogP contribution is -2.52. The Balaban J connectivity index is 2.49. The molecule has 0 saturated carbocycles. The van der Waals surface area contributed by atoms with Gasteiger partial charge in [0.25, 0.3) is 0 Å². The lowest BCUT2D eigenvalue weighted by Gasteiger charge is -2.37. The van der Waals surface area contributed by atoms with Gasteiger partial charge in [-0.15, -0.1) is 0 Å². The van der Waals surface area contributed by atoms with Crippen molar-refractivity contribution in [3.63, 3.8) is 0 Å². The second kappa shape index (κ2) is 3.71. The van der Waals surface area contributed by atoms with Crippen LogP contribution in [0.25, 0.3) is 0 Å². The number of hydrogen-bond donors (Lipinski definition) is 1. The van der Waals surface area contributed by atoms with Crippen LogP contribution in [0.15, 0.2) is 12.2 Å². The molecule has 5 nitrogen and oxygen atoms in total. The topological polar surface area (TPSA) is 64.6 Å². The number of carbonyl (C=O) groups excluding carboxylic acids is 2. The fourth-order valence-corrected chi connectivity index (χ4v) is 3.07. The average molecular weight is 260 g/mol. The second-order valence-electron chi connectivity index (χ2n) is 4.44. The number of carbonyl (C=O) groups is 2. The van der Waals surface area contributed by atoms with Crippen LogP contribution in [0.5, 0.6) is 0 Å². The first-order valence-electron chi connectivity index (χ1n) is 5.23. The number of nitrogens with one attached hydrogen (secondary N) is 1. The van der Waals surface area contributed by atoms with E-state index in [2.05, 4.69) is 5.32 Å². The van der Waals surface area contributed by atoms with Gasteiger partial charge in [0.15, 0.2) is 0 Å². The molecule has 0 aromatic heterocycles. The predicted octanol–water partition coefficient (Wildman–Crippen LogP) is 0.432. The molecule has 0 radical (unpaired) electrons. The second-order valence-corrected chi connectivity index (χ2v) is 5.03. The van der Waals surface area contributed by atoms with E-state index in [4.69, 9.17) is 21.1 Å². The molecule has 4 atom stereocenters. The van der Waals surface area contributed by atoms with Crippen LogP contribution >= 0.6 is 11.6 Å². The van der Waals surface area contributed by atoms with Crippen molar-refractivity contribution in [3.05, 3.63) is 12.2 Å². The van der Waals surface area contributed by atoms with Crippen molar-refractivity contribution < 1.29 is 19.1 Å².